The molecular formula is C21H29F3O5. The fourth-order valence-electron chi connectivity index (χ4n) is 3.07. The summed E-state index contributed by atoms with van der Waals surface area (Å²) < 4.78 is 56.1. The first-order valence-corrected chi connectivity index (χ1v) is 9.70. The van der Waals surface area contributed by atoms with Gasteiger partial charge in [0.05, 0.1) is 7.11 Å². The monoisotopic (exact) mass is 418 g/mol. The van der Waals surface area contributed by atoms with E-state index in [9.17, 15) is 22.8 Å². The van der Waals surface area contributed by atoms with E-state index in [0.717, 1.165) is 58.5 Å². The lowest BCUT2D eigenvalue weighted by Crippen LogP contribution is -2.53. The SMILES string of the molecule is CCCCCCCC[C@H](OC(=O)[C@@](OC)(c1ccccc1)C(F)(F)F)C(=O)OC. The molecule has 0 saturated carbocycles. The molecule has 0 aliphatic rings. The van der Waals surface area contributed by atoms with E-state index in [4.69, 9.17) is 4.74 Å². The lowest BCUT2D eigenvalue weighted by Gasteiger charge is -2.33. The van der Waals surface area contributed by atoms with Gasteiger partial charge in [0.25, 0.3) is 5.60 Å². The normalized spacial score (nSPS) is 14.7. The first-order chi connectivity index (χ1) is 13.7. The molecule has 2 atom stereocenters. The van der Waals surface area contributed by atoms with E-state index in [2.05, 4.69) is 16.4 Å². The van der Waals surface area contributed by atoms with Crippen LogP contribution in [0.2, 0.25) is 0 Å². The summed E-state index contributed by atoms with van der Waals surface area (Å²) in [7, 11) is 1.87. The molecule has 0 aromatic heterocycles. The molecule has 1 aromatic rings. The minimum atomic E-state index is -5.10. The molecule has 0 N–H and O–H groups in total. The van der Waals surface area contributed by atoms with Gasteiger partial charge in [-0.2, -0.15) is 13.2 Å². The highest BCUT2D eigenvalue weighted by atomic mass is 19.4. The zero-order chi connectivity index (χ0) is 21.9. The topological polar surface area (TPSA) is 61.8 Å². The third-order valence-electron chi connectivity index (χ3n) is 4.71. The Bertz CT molecular complexity index is 633. The minimum absolute atomic E-state index is 0.0803. The summed E-state index contributed by atoms with van der Waals surface area (Å²) in [6.07, 6.45) is -1.00. The van der Waals surface area contributed by atoms with Crippen molar-refractivity contribution in [3.05, 3.63) is 35.9 Å². The van der Waals surface area contributed by atoms with E-state index in [1.165, 1.54) is 18.2 Å². The fourth-order valence-corrected chi connectivity index (χ4v) is 3.07. The van der Waals surface area contributed by atoms with Crippen molar-refractivity contribution >= 4 is 11.9 Å². The molecule has 0 heterocycles. The fraction of sp³-hybridized carbons (Fsp3) is 0.619. The zero-order valence-electron chi connectivity index (χ0n) is 17.1. The molecule has 0 radical (unpaired) electrons. The number of ether oxygens (including phenoxy) is 3. The minimum Gasteiger partial charge on any atom is -0.466 e. The number of hydrogen-bond acceptors (Lipinski definition) is 5. The second-order valence-electron chi connectivity index (χ2n) is 6.72. The van der Waals surface area contributed by atoms with Gasteiger partial charge in [-0.25, -0.2) is 9.59 Å². The number of hydrogen-bond donors (Lipinski definition) is 0. The molecule has 0 bridgehead atoms. The maximum absolute atomic E-state index is 13.9. The smallest absolute Gasteiger partial charge is 0.432 e. The van der Waals surface area contributed by atoms with Gasteiger partial charge in [0.1, 0.15) is 0 Å². The van der Waals surface area contributed by atoms with Gasteiger partial charge in [-0.3, -0.25) is 0 Å². The quantitative estimate of drug-likeness (QED) is 0.356. The van der Waals surface area contributed by atoms with Crippen molar-refractivity contribution in [1.29, 1.82) is 0 Å². The molecule has 0 spiro atoms. The molecule has 8 heteroatoms. The van der Waals surface area contributed by atoms with Crippen molar-refractivity contribution in [2.45, 2.75) is 69.8 Å². The summed E-state index contributed by atoms with van der Waals surface area (Å²) in [5.41, 5.74) is -3.76. The molecule has 0 amide bonds. The average Bonchev–Trinajstić information content (AvgIpc) is 2.69. The highest BCUT2D eigenvalue weighted by Crippen LogP contribution is 2.43. The third-order valence-corrected chi connectivity index (χ3v) is 4.71. The predicted molar refractivity (Wildman–Crippen MR) is 101 cm³/mol. The standard InChI is InChI=1S/C21H29F3O5/c1-4-5-6-7-8-12-15-17(18(25)27-2)29-19(26)20(28-3,21(22,23)24)16-13-10-9-11-14-16/h9-11,13-14,17H,4-8,12,15H2,1-3H3/t17-,20-/m0/s1. The van der Waals surface area contributed by atoms with Crippen LogP contribution in [0.5, 0.6) is 0 Å². The molecule has 0 unspecified atom stereocenters. The highest BCUT2D eigenvalue weighted by molar-refractivity contribution is 5.86. The Morgan fingerprint density at radius 3 is 2.07 bits per heavy atom. The number of unbranched alkanes of at least 4 members (excludes halogenated alkanes) is 5. The lowest BCUT2D eigenvalue weighted by molar-refractivity contribution is -0.278. The Labute approximate surface area is 169 Å². The van der Waals surface area contributed by atoms with E-state index in [-0.39, 0.29) is 6.42 Å². The van der Waals surface area contributed by atoms with Crippen LogP contribution in [0, 0.1) is 0 Å². The van der Waals surface area contributed by atoms with E-state index in [1.807, 2.05) is 0 Å². The second kappa shape index (κ2) is 11.8. The molecular weight excluding hydrogens is 389 g/mol. The van der Waals surface area contributed by atoms with Crippen LogP contribution in [0.3, 0.4) is 0 Å². The Kier molecular flexibility index (Phi) is 10.2. The largest absolute Gasteiger partial charge is 0.466 e. The first kappa shape index (κ1) is 24.9. The molecule has 29 heavy (non-hydrogen) atoms. The predicted octanol–water partition coefficient (Wildman–Crippen LogP) is 4.93. The highest BCUT2D eigenvalue weighted by Gasteiger charge is 2.64. The Balaban J connectivity index is 3.00. The maximum atomic E-state index is 13.9. The molecule has 1 aromatic carbocycles. The summed E-state index contributed by atoms with van der Waals surface area (Å²) in [5.74, 6) is -2.59. The van der Waals surface area contributed by atoms with E-state index < -0.39 is 35.4 Å². The van der Waals surface area contributed by atoms with Crippen LogP contribution in [-0.2, 0) is 29.4 Å². The first-order valence-electron chi connectivity index (χ1n) is 9.70. The van der Waals surface area contributed by atoms with E-state index in [0.29, 0.717) is 6.42 Å². The van der Waals surface area contributed by atoms with Gasteiger partial charge in [0, 0.05) is 12.7 Å². The average molecular weight is 418 g/mol. The molecule has 164 valence electrons. The summed E-state index contributed by atoms with van der Waals surface area (Å²) in [4.78, 5) is 24.7. The van der Waals surface area contributed by atoms with Crippen molar-refractivity contribution in [2.24, 2.45) is 0 Å². The number of halogens is 3. The molecule has 0 aliphatic carbocycles. The summed E-state index contributed by atoms with van der Waals surface area (Å²) >= 11 is 0. The van der Waals surface area contributed by atoms with Crippen LogP contribution in [-0.4, -0.2) is 38.4 Å². The van der Waals surface area contributed by atoms with Gasteiger partial charge < -0.3 is 14.2 Å². The van der Waals surface area contributed by atoms with Crippen molar-refractivity contribution in [3.8, 4) is 0 Å². The van der Waals surface area contributed by atoms with E-state index >= 15 is 0 Å². The van der Waals surface area contributed by atoms with Crippen LogP contribution in [0.25, 0.3) is 0 Å². The van der Waals surface area contributed by atoms with E-state index in [1.54, 1.807) is 0 Å². The summed E-state index contributed by atoms with van der Waals surface area (Å²) in [5, 5.41) is 0. The Hall–Kier alpha value is -2.09. The van der Waals surface area contributed by atoms with Gasteiger partial charge in [-0.05, 0) is 12.8 Å². The van der Waals surface area contributed by atoms with Crippen LogP contribution >= 0.6 is 0 Å². The lowest BCUT2D eigenvalue weighted by atomic mass is 9.92. The Morgan fingerprint density at radius 1 is 0.966 bits per heavy atom. The summed E-state index contributed by atoms with van der Waals surface area (Å²) in [6.45, 7) is 2.09. The number of methoxy groups -OCH3 is 2. The molecule has 0 aliphatic heterocycles. The van der Waals surface area contributed by atoms with Crippen molar-refractivity contribution in [1.82, 2.24) is 0 Å². The third kappa shape index (κ3) is 6.45. The van der Waals surface area contributed by atoms with Gasteiger partial charge in [-0.15, -0.1) is 0 Å². The van der Waals surface area contributed by atoms with Gasteiger partial charge in [-0.1, -0.05) is 69.4 Å². The number of alkyl halides is 3. The van der Waals surface area contributed by atoms with Gasteiger partial charge >= 0.3 is 18.1 Å². The van der Waals surface area contributed by atoms with Crippen LogP contribution < -0.4 is 0 Å². The van der Waals surface area contributed by atoms with Gasteiger partial charge in [0.2, 0.25) is 0 Å². The maximum Gasteiger partial charge on any atom is 0.432 e. The number of rotatable bonds is 12. The molecule has 0 fully saturated rings. The molecule has 1 rings (SSSR count). The molecule has 0 saturated heterocycles. The Morgan fingerprint density at radius 2 is 1.55 bits per heavy atom. The van der Waals surface area contributed by atoms with Crippen molar-refractivity contribution < 1.29 is 37.0 Å². The van der Waals surface area contributed by atoms with Gasteiger partial charge in [0.15, 0.2) is 6.10 Å². The number of esters is 2. The number of carbonyl (C=O) groups excluding carboxylic acids is 2. The van der Waals surface area contributed by atoms with Crippen molar-refractivity contribution in [3.63, 3.8) is 0 Å². The van der Waals surface area contributed by atoms with Crippen LogP contribution in [0.1, 0.15) is 57.4 Å². The zero-order valence-corrected chi connectivity index (χ0v) is 17.1. The van der Waals surface area contributed by atoms with Crippen molar-refractivity contribution in [2.75, 3.05) is 14.2 Å². The molecule has 5 nitrogen and oxygen atoms in total. The number of benzene rings is 1. The van der Waals surface area contributed by atoms with Crippen LogP contribution in [0.15, 0.2) is 30.3 Å². The summed E-state index contributed by atoms with van der Waals surface area (Å²) in [6, 6.07) is 6.48. The second-order valence-corrected chi connectivity index (χ2v) is 6.72. The number of carbonyl (C=O) groups is 2. The van der Waals surface area contributed by atoms with Crippen LogP contribution in [0.4, 0.5) is 13.2 Å².